The van der Waals surface area contributed by atoms with E-state index in [-0.39, 0.29) is 29.3 Å². The van der Waals surface area contributed by atoms with E-state index in [9.17, 15) is 19.5 Å². The fourth-order valence-electron chi connectivity index (χ4n) is 3.11. The van der Waals surface area contributed by atoms with E-state index in [1.165, 1.54) is 12.1 Å². The second-order valence-electron chi connectivity index (χ2n) is 6.64. The Bertz CT molecular complexity index is 1180. The smallest absolute Gasteiger partial charge is 0.351 e. The van der Waals surface area contributed by atoms with Crippen molar-refractivity contribution in [1.82, 2.24) is 4.90 Å². The van der Waals surface area contributed by atoms with Gasteiger partial charge in [-0.2, -0.15) is 4.99 Å². The molecule has 4 rings (SSSR count). The third-order valence-corrected chi connectivity index (χ3v) is 4.94. The number of halogens is 1. The van der Waals surface area contributed by atoms with Crippen LogP contribution in [0.4, 0.5) is 4.79 Å². The topological polar surface area (TPSA) is 103 Å². The summed E-state index contributed by atoms with van der Waals surface area (Å²) in [6.45, 7) is 0.145. The molecular weight excluding hydrogens is 408 g/mol. The third kappa shape index (κ3) is 3.88. The number of carboxylic acid groups (broad SMARTS) is 1. The predicted molar refractivity (Wildman–Crippen MR) is 107 cm³/mol. The van der Waals surface area contributed by atoms with Crippen molar-refractivity contribution in [3.63, 3.8) is 0 Å². The highest BCUT2D eigenvalue weighted by Crippen LogP contribution is 2.27. The second-order valence-corrected chi connectivity index (χ2v) is 7.05. The van der Waals surface area contributed by atoms with E-state index in [1.807, 2.05) is 30.3 Å². The summed E-state index contributed by atoms with van der Waals surface area (Å²) in [7, 11) is 0. The van der Waals surface area contributed by atoms with Crippen LogP contribution in [0.2, 0.25) is 5.02 Å². The van der Waals surface area contributed by atoms with Crippen LogP contribution in [-0.4, -0.2) is 28.5 Å². The monoisotopic (exact) mass is 421 g/mol. The maximum atomic E-state index is 12.6. The van der Waals surface area contributed by atoms with E-state index < -0.39 is 17.9 Å². The van der Waals surface area contributed by atoms with Crippen LogP contribution in [0.25, 0.3) is 11.3 Å². The fourth-order valence-corrected chi connectivity index (χ4v) is 3.31. The lowest BCUT2D eigenvalue weighted by molar-refractivity contribution is -0.255. The van der Waals surface area contributed by atoms with Crippen LogP contribution in [0.3, 0.4) is 0 Å². The number of carbonyl (C=O) groups excluding carboxylic acids is 3. The number of nitrogens with zero attached hydrogens (tertiary/aromatic N) is 2. The molecule has 0 bridgehead atoms. The Morgan fingerprint density at radius 3 is 2.57 bits per heavy atom. The highest BCUT2D eigenvalue weighted by molar-refractivity contribution is 6.46. The van der Waals surface area contributed by atoms with Crippen LogP contribution in [0.1, 0.15) is 21.7 Å². The lowest BCUT2D eigenvalue weighted by Crippen LogP contribution is -2.32. The fraction of sp³-hybridized carbons (Fsp3) is 0.0909. The summed E-state index contributed by atoms with van der Waals surface area (Å²) in [5.41, 5.74) is 1.25. The van der Waals surface area contributed by atoms with Crippen molar-refractivity contribution in [2.75, 3.05) is 0 Å². The van der Waals surface area contributed by atoms with Gasteiger partial charge in [0.15, 0.2) is 0 Å². The van der Waals surface area contributed by atoms with Gasteiger partial charge >= 0.3 is 6.03 Å². The average Bonchev–Trinajstić information content (AvgIpc) is 3.29. The lowest BCUT2D eigenvalue weighted by atomic mass is 10.1. The third-order valence-electron chi connectivity index (χ3n) is 4.61. The number of aromatic carboxylic acids is 1. The van der Waals surface area contributed by atoms with Gasteiger partial charge in [-0.05, 0) is 35.9 Å². The first-order chi connectivity index (χ1) is 14.4. The van der Waals surface area contributed by atoms with Gasteiger partial charge < -0.3 is 14.3 Å². The maximum absolute atomic E-state index is 12.6. The van der Waals surface area contributed by atoms with Crippen LogP contribution in [0, 0.1) is 0 Å². The number of aliphatic imine (C=N–C) groups is 1. The molecule has 0 aliphatic carbocycles. The van der Waals surface area contributed by atoms with Crippen molar-refractivity contribution in [3.05, 3.63) is 82.6 Å². The molecule has 0 saturated heterocycles. The SMILES string of the molecule is O=C([O-])c1cc(-c2ccc(CC3=NC(=O)N(Cc4ccccc4)C3=O)o2)ccc1Cl. The van der Waals surface area contributed by atoms with E-state index in [1.54, 1.807) is 18.2 Å². The Morgan fingerprint density at radius 2 is 1.83 bits per heavy atom. The lowest BCUT2D eigenvalue weighted by Gasteiger charge is -2.12. The Morgan fingerprint density at radius 1 is 1.07 bits per heavy atom. The standard InChI is InChI=1S/C22H15ClN2O5/c23-17-8-6-14(10-16(17)21(27)28)19-9-7-15(30-19)11-18-20(26)25(22(29)24-18)12-13-4-2-1-3-5-13/h1-10H,11-12H2,(H,27,28)/p-1. The zero-order chi connectivity index (χ0) is 21.3. The number of carboxylic acids is 1. The predicted octanol–water partition coefficient (Wildman–Crippen LogP) is 3.11. The molecule has 7 nitrogen and oxygen atoms in total. The van der Waals surface area contributed by atoms with Gasteiger partial charge in [-0.25, -0.2) is 4.79 Å². The number of amides is 3. The molecular formula is C22H14ClN2O5-. The molecule has 0 fully saturated rings. The first kappa shape index (κ1) is 19.6. The van der Waals surface area contributed by atoms with Crippen molar-refractivity contribution >= 4 is 35.2 Å². The van der Waals surface area contributed by atoms with Gasteiger partial charge in [-0.15, -0.1) is 0 Å². The number of carbonyl (C=O) groups is 3. The average molecular weight is 422 g/mol. The molecule has 1 aliphatic rings. The van der Waals surface area contributed by atoms with Crippen LogP contribution in [0.5, 0.6) is 0 Å². The number of hydrogen-bond donors (Lipinski definition) is 0. The minimum atomic E-state index is -1.39. The zero-order valence-corrected chi connectivity index (χ0v) is 16.3. The highest BCUT2D eigenvalue weighted by Gasteiger charge is 2.33. The molecule has 0 unspecified atom stereocenters. The Kier molecular flexibility index (Phi) is 5.20. The van der Waals surface area contributed by atoms with Crippen molar-refractivity contribution < 1.29 is 23.9 Å². The summed E-state index contributed by atoms with van der Waals surface area (Å²) in [6.07, 6.45) is 0.0385. The zero-order valence-electron chi connectivity index (χ0n) is 15.5. The van der Waals surface area contributed by atoms with Crippen molar-refractivity contribution in [3.8, 4) is 11.3 Å². The van der Waals surface area contributed by atoms with Gasteiger partial charge in [0, 0.05) is 16.1 Å². The van der Waals surface area contributed by atoms with E-state index in [0.717, 1.165) is 10.5 Å². The highest BCUT2D eigenvalue weighted by atomic mass is 35.5. The van der Waals surface area contributed by atoms with E-state index >= 15 is 0 Å². The van der Waals surface area contributed by atoms with Gasteiger partial charge in [0.25, 0.3) is 5.91 Å². The number of hydrogen-bond acceptors (Lipinski definition) is 5. The molecule has 1 aliphatic heterocycles. The number of benzene rings is 2. The molecule has 3 aromatic rings. The molecule has 0 radical (unpaired) electrons. The normalized spacial score (nSPS) is 13.6. The molecule has 0 spiro atoms. The van der Waals surface area contributed by atoms with Crippen LogP contribution >= 0.6 is 11.6 Å². The molecule has 8 heteroatoms. The summed E-state index contributed by atoms with van der Waals surface area (Å²) in [4.78, 5) is 40.9. The van der Waals surface area contributed by atoms with E-state index in [0.29, 0.717) is 17.1 Å². The summed E-state index contributed by atoms with van der Waals surface area (Å²) >= 11 is 5.86. The summed E-state index contributed by atoms with van der Waals surface area (Å²) in [5, 5.41) is 11.2. The number of urea groups is 1. The summed E-state index contributed by atoms with van der Waals surface area (Å²) in [5.74, 6) is -1.05. The second kappa shape index (κ2) is 7.96. The first-order valence-electron chi connectivity index (χ1n) is 8.99. The van der Waals surface area contributed by atoms with E-state index in [2.05, 4.69) is 4.99 Å². The minimum absolute atomic E-state index is 0.0385. The molecule has 1 aromatic heterocycles. The Hall–Kier alpha value is -3.71. The quantitative estimate of drug-likeness (QED) is 0.608. The van der Waals surface area contributed by atoms with Gasteiger partial charge in [-0.1, -0.05) is 41.9 Å². The summed E-state index contributed by atoms with van der Waals surface area (Å²) in [6, 6.07) is 16.2. The maximum Gasteiger partial charge on any atom is 0.351 e. The van der Waals surface area contributed by atoms with Gasteiger partial charge in [0.05, 0.1) is 18.9 Å². The molecule has 0 saturated carbocycles. The Balaban J connectivity index is 1.50. The van der Waals surface area contributed by atoms with Crippen LogP contribution < -0.4 is 5.11 Å². The van der Waals surface area contributed by atoms with Crippen molar-refractivity contribution in [2.24, 2.45) is 4.99 Å². The number of furan rings is 1. The molecule has 150 valence electrons. The van der Waals surface area contributed by atoms with Crippen molar-refractivity contribution in [1.29, 1.82) is 0 Å². The molecule has 0 N–H and O–H groups in total. The van der Waals surface area contributed by atoms with Crippen molar-refractivity contribution in [2.45, 2.75) is 13.0 Å². The van der Waals surface area contributed by atoms with Crippen LogP contribution in [-0.2, 0) is 17.8 Å². The molecule has 0 atom stereocenters. The largest absolute Gasteiger partial charge is 0.545 e. The minimum Gasteiger partial charge on any atom is -0.545 e. The first-order valence-corrected chi connectivity index (χ1v) is 9.37. The molecule has 30 heavy (non-hydrogen) atoms. The number of rotatable bonds is 6. The van der Waals surface area contributed by atoms with Gasteiger partial charge in [0.1, 0.15) is 17.2 Å². The van der Waals surface area contributed by atoms with Gasteiger partial charge in [-0.3, -0.25) is 9.69 Å². The Labute approximate surface area is 176 Å². The number of imide groups is 1. The van der Waals surface area contributed by atoms with Gasteiger partial charge in [0.2, 0.25) is 0 Å². The molecule has 2 aromatic carbocycles. The summed E-state index contributed by atoms with van der Waals surface area (Å²) < 4.78 is 5.72. The van der Waals surface area contributed by atoms with Crippen LogP contribution in [0.15, 0.2) is 70.1 Å². The molecule has 3 amide bonds. The van der Waals surface area contributed by atoms with E-state index in [4.69, 9.17) is 16.0 Å². The molecule has 2 heterocycles.